The second-order valence-electron chi connectivity index (χ2n) is 4.75. The van der Waals surface area contributed by atoms with Gasteiger partial charge in [0.25, 0.3) is 0 Å². The first-order valence-corrected chi connectivity index (χ1v) is 6.84. The van der Waals surface area contributed by atoms with Gasteiger partial charge in [0.05, 0.1) is 10.4 Å². The van der Waals surface area contributed by atoms with Gasteiger partial charge in [-0.1, -0.05) is 18.2 Å². The predicted molar refractivity (Wildman–Crippen MR) is 64.4 cm³/mol. The van der Waals surface area contributed by atoms with Crippen LogP contribution in [0.4, 0.5) is 0 Å². The number of fused-ring (bicyclic) bond motifs is 2. The van der Waals surface area contributed by atoms with Gasteiger partial charge < -0.3 is 4.90 Å². The van der Waals surface area contributed by atoms with Crippen molar-refractivity contribution in [1.82, 2.24) is 9.62 Å². The first-order chi connectivity index (χ1) is 7.71. The van der Waals surface area contributed by atoms with Crippen molar-refractivity contribution in [1.29, 1.82) is 0 Å². The summed E-state index contributed by atoms with van der Waals surface area (Å²) in [6, 6.07) is 8.11. The van der Waals surface area contributed by atoms with E-state index in [-0.39, 0.29) is 5.54 Å². The third-order valence-electron chi connectivity index (χ3n) is 3.73. The van der Waals surface area contributed by atoms with E-state index in [9.17, 15) is 4.21 Å². The average molecular weight is 236 g/mol. The first kappa shape index (κ1) is 10.4. The normalized spacial score (nSPS) is 28.2. The molecule has 1 aromatic carbocycles. The van der Waals surface area contributed by atoms with Crippen molar-refractivity contribution in [2.75, 3.05) is 20.1 Å². The zero-order chi connectivity index (χ0) is 11.2. The van der Waals surface area contributed by atoms with Gasteiger partial charge >= 0.3 is 0 Å². The lowest BCUT2D eigenvalue weighted by molar-refractivity contribution is 0.181. The van der Waals surface area contributed by atoms with E-state index in [2.05, 4.69) is 22.7 Å². The van der Waals surface area contributed by atoms with E-state index in [1.807, 2.05) is 18.2 Å². The number of benzene rings is 1. The molecule has 4 heteroatoms. The fourth-order valence-electron chi connectivity index (χ4n) is 2.68. The van der Waals surface area contributed by atoms with Gasteiger partial charge in [-0.15, -0.1) is 0 Å². The quantitative estimate of drug-likeness (QED) is 0.735. The van der Waals surface area contributed by atoms with E-state index >= 15 is 0 Å². The van der Waals surface area contributed by atoms with Crippen LogP contribution in [-0.2, 0) is 16.5 Å². The van der Waals surface area contributed by atoms with Crippen LogP contribution < -0.4 is 4.72 Å². The summed E-state index contributed by atoms with van der Waals surface area (Å²) in [5, 5.41) is 0. The molecule has 3 rings (SSSR count). The van der Waals surface area contributed by atoms with Crippen LogP contribution in [0.2, 0.25) is 0 Å². The maximum Gasteiger partial charge on any atom is 0.126 e. The van der Waals surface area contributed by atoms with Gasteiger partial charge in [0.1, 0.15) is 11.0 Å². The Morgan fingerprint density at radius 2 is 2.00 bits per heavy atom. The van der Waals surface area contributed by atoms with Crippen LogP contribution in [-0.4, -0.2) is 29.2 Å². The van der Waals surface area contributed by atoms with Gasteiger partial charge in [-0.05, 0) is 44.6 Å². The molecule has 0 aliphatic carbocycles. The molecule has 0 saturated carbocycles. The molecule has 1 unspecified atom stereocenters. The minimum absolute atomic E-state index is 0.0338. The largest absolute Gasteiger partial charge is 0.306 e. The second kappa shape index (κ2) is 3.65. The third-order valence-corrected chi connectivity index (χ3v) is 5.06. The van der Waals surface area contributed by atoms with Crippen LogP contribution in [0.25, 0.3) is 0 Å². The lowest BCUT2D eigenvalue weighted by atomic mass is 9.82. The number of hydrogen-bond donors (Lipinski definition) is 1. The number of nitrogens with zero attached hydrogens (tertiary/aromatic N) is 1. The molecule has 3 nitrogen and oxygen atoms in total. The van der Waals surface area contributed by atoms with Crippen molar-refractivity contribution in [3.8, 4) is 0 Å². The molecule has 1 fully saturated rings. The summed E-state index contributed by atoms with van der Waals surface area (Å²) in [7, 11) is 1.13. The van der Waals surface area contributed by atoms with Crippen molar-refractivity contribution < 1.29 is 4.21 Å². The lowest BCUT2D eigenvalue weighted by Gasteiger charge is -2.37. The van der Waals surface area contributed by atoms with Crippen LogP contribution >= 0.6 is 0 Å². The van der Waals surface area contributed by atoms with Gasteiger partial charge in [0.2, 0.25) is 0 Å². The molecule has 0 aromatic heterocycles. The Bertz CT molecular complexity index is 438. The molecule has 0 radical (unpaired) electrons. The van der Waals surface area contributed by atoms with E-state index in [0.29, 0.717) is 0 Å². The molecule has 86 valence electrons. The Hall–Kier alpha value is -0.710. The highest BCUT2D eigenvalue weighted by Crippen LogP contribution is 2.40. The average Bonchev–Trinajstić information content (AvgIpc) is 2.58. The first-order valence-electron chi connectivity index (χ1n) is 5.69. The zero-order valence-electron chi connectivity index (χ0n) is 9.40. The minimum Gasteiger partial charge on any atom is -0.306 e. The van der Waals surface area contributed by atoms with Gasteiger partial charge in [-0.25, -0.2) is 8.93 Å². The van der Waals surface area contributed by atoms with Gasteiger partial charge in [0.15, 0.2) is 0 Å². The fraction of sp³-hybridized carbons (Fsp3) is 0.500. The highest BCUT2D eigenvalue weighted by Gasteiger charge is 2.43. The van der Waals surface area contributed by atoms with Gasteiger partial charge in [-0.3, -0.25) is 0 Å². The summed E-state index contributed by atoms with van der Waals surface area (Å²) in [6.07, 6.45) is 2.10. The van der Waals surface area contributed by atoms with E-state index in [0.717, 1.165) is 30.8 Å². The molecule has 2 aliphatic heterocycles. The Kier molecular flexibility index (Phi) is 2.38. The summed E-state index contributed by atoms with van der Waals surface area (Å²) in [6.45, 7) is 2.14. The molecule has 1 atom stereocenters. The fourth-order valence-corrected chi connectivity index (χ4v) is 4.13. The highest BCUT2D eigenvalue weighted by molar-refractivity contribution is 7.83. The number of piperidine rings is 1. The summed E-state index contributed by atoms with van der Waals surface area (Å²) in [4.78, 5) is 3.31. The maximum absolute atomic E-state index is 12.0. The molecule has 2 heterocycles. The Morgan fingerprint density at radius 1 is 1.31 bits per heavy atom. The molecular weight excluding hydrogens is 220 g/mol. The van der Waals surface area contributed by atoms with E-state index < -0.39 is 11.0 Å². The second-order valence-corrected chi connectivity index (χ2v) is 5.93. The number of hydrogen-bond acceptors (Lipinski definition) is 2. The summed E-state index contributed by atoms with van der Waals surface area (Å²) in [5.41, 5.74) is 1.22. The molecule has 16 heavy (non-hydrogen) atoms. The van der Waals surface area contributed by atoms with Crippen molar-refractivity contribution in [2.45, 2.75) is 23.3 Å². The van der Waals surface area contributed by atoms with Crippen molar-refractivity contribution in [2.24, 2.45) is 0 Å². The SMILES string of the molecule is CN1CCC2(CC1)NS(=O)c1ccccc12. The Morgan fingerprint density at radius 3 is 2.75 bits per heavy atom. The van der Waals surface area contributed by atoms with Crippen LogP contribution in [0.1, 0.15) is 18.4 Å². The monoisotopic (exact) mass is 236 g/mol. The summed E-state index contributed by atoms with van der Waals surface area (Å²) < 4.78 is 15.3. The Balaban J connectivity index is 2.02. The topological polar surface area (TPSA) is 32.3 Å². The molecule has 1 aromatic rings. The molecule has 0 amide bonds. The number of likely N-dealkylation sites (tertiary alicyclic amines) is 1. The van der Waals surface area contributed by atoms with E-state index in [4.69, 9.17) is 0 Å². The minimum atomic E-state index is -1.01. The van der Waals surface area contributed by atoms with E-state index in [1.165, 1.54) is 5.56 Å². The smallest absolute Gasteiger partial charge is 0.126 e. The molecule has 1 saturated heterocycles. The third kappa shape index (κ3) is 1.44. The van der Waals surface area contributed by atoms with Crippen molar-refractivity contribution >= 4 is 11.0 Å². The number of rotatable bonds is 0. The van der Waals surface area contributed by atoms with Gasteiger partial charge in [-0.2, -0.15) is 0 Å². The standard InChI is InChI=1S/C12H16N2OS/c1-14-8-6-12(7-9-14)10-4-2-3-5-11(10)16(15)13-12/h2-5,13H,6-9H2,1H3. The van der Waals surface area contributed by atoms with Crippen molar-refractivity contribution in [3.63, 3.8) is 0 Å². The van der Waals surface area contributed by atoms with E-state index in [1.54, 1.807) is 0 Å². The molecule has 1 N–H and O–H groups in total. The van der Waals surface area contributed by atoms with Crippen LogP contribution in [0, 0.1) is 0 Å². The van der Waals surface area contributed by atoms with Gasteiger partial charge in [0, 0.05) is 0 Å². The molecule has 1 spiro atoms. The number of nitrogens with one attached hydrogen (secondary N) is 1. The predicted octanol–water partition coefficient (Wildman–Crippen LogP) is 1.23. The zero-order valence-corrected chi connectivity index (χ0v) is 10.2. The molecule has 0 bridgehead atoms. The van der Waals surface area contributed by atoms with Crippen LogP contribution in [0.15, 0.2) is 29.2 Å². The Labute approximate surface area is 98.4 Å². The summed E-state index contributed by atoms with van der Waals surface area (Å²) in [5.74, 6) is 0. The molecular formula is C12H16N2OS. The highest BCUT2D eigenvalue weighted by atomic mass is 32.2. The molecule has 2 aliphatic rings. The lowest BCUT2D eigenvalue weighted by Crippen LogP contribution is -2.47. The van der Waals surface area contributed by atoms with Crippen LogP contribution in [0.5, 0.6) is 0 Å². The maximum atomic E-state index is 12.0. The summed E-state index contributed by atoms with van der Waals surface area (Å²) >= 11 is 0. The van der Waals surface area contributed by atoms with Crippen molar-refractivity contribution in [3.05, 3.63) is 29.8 Å². The van der Waals surface area contributed by atoms with Crippen LogP contribution in [0.3, 0.4) is 0 Å².